The third-order valence-electron chi connectivity index (χ3n) is 8.64. The van der Waals surface area contributed by atoms with Crippen LogP contribution in [0.1, 0.15) is 52.6 Å². The molecule has 0 aromatic heterocycles. The zero-order valence-electron chi connectivity index (χ0n) is 31.8. The van der Waals surface area contributed by atoms with E-state index in [-0.39, 0.29) is 45.0 Å². The van der Waals surface area contributed by atoms with Crippen molar-refractivity contribution in [2.45, 2.75) is 13.8 Å². The highest BCUT2D eigenvalue weighted by molar-refractivity contribution is 6.04. The SMILES string of the molecule is COc1ccc(Nc2cc(C(=O)O)c(Nc3ccc(OC)cc3)cc2C(=O)O)cc1.Cc1ccc(Nc2cc(C(=O)O)c(Nc3ccc(C)cc3)cc2C(=O)O)cc1. The molecular weight excluding hydrogens is 745 g/mol. The van der Waals surface area contributed by atoms with Gasteiger partial charge in [-0.1, -0.05) is 35.4 Å². The lowest BCUT2D eigenvalue weighted by molar-refractivity contribution is 0.0683. The first-order valence-electron chi connectivity index (χ1n) is 17.5. The Kier molecular flexibility index (Phi) is 13.2. The fraction of sp³-hybridized carbons (Fsp3) is 0.0909. The van der Waals surface area contributed by atoms with Crippen LogP contribution in [0, 0.1) is 13.8 Å². The number of aryl methyl sites for hydroxylation is 2. The minimum Gasteiger partial charge on any atom is -0.497 e. The zero-order chi connectivity index (χ0) is 41.9. The van der Waals surface area contributed by atoms with Crippen molar-refractivity contribution < 1.29 is 49.1 Å². The van der Waals surface area contributed by atoms with Crippen molar-refractivity contribution in [3.8, 4) is 11.5 Å². The number of benzene rings is 6. The topological polar surface area (TPSA) is 216 Å². The third kappa shape index (κ3) is 10.6. The molecule has 0 unspecified atom stereocenters. The summed E-state index contributed by atoms with van der Waals surface area (Å²) < 4.78 is 10.2. The summed E-state index contributed by atoms with van der Waals surface area (Å²) in [5, 5.41) is 50.5. The molecule has 0 bridgehead atoms. The Balaban J connectivity index is 0.000000221. The number of aromatic carboxylic acids is 4. The van der Waals surface area contributed by atoms with Crippen molar-refractivity contribution >= 4 is 69.4 Å². The number of carboxylic acid groups (broad SMARTS) is 4. The number of hydrogen-bond donors (Lipinski definition) is 8. The molecule has 0 aliphatic rings. The summed E-state index contributed by atoms with van der Waals surface area (Å²) in [4.78, 5) is 47.2. The van der Waals surface area contributed by atoms with Gasteiger partial charge in [0.2, 0.25) is 0 Å². The van der Waals surface area contributed by atoms with Crippen LogP contribution >= 0.6 is 0 Å². The molecule has 0 spiro atoms. The van der Waals surface area contributed by atoms with E-state index >= 15 is 0 Å². The fourth-order valence-corrected chi connectivity index (χ4v) is 5.57. The first kappa shape index (κ1) is 41.2. The second-order valence-electron chi connectivity index (χ2n) is 12.8. The van der Waals surface area contributed by atoms with Crippen LogP contribution in [-0.4, -0.2) is 58.5 Å². The van der Waals surface area contributed by atoms with Gasteiger partial charge in [-0.2, -0.15) is 0 Å². The van der Waals surface area contributed by atoms with Crippen LogP contribution in [0.4, 0.5) is 45.5 Å². The average Bonchev–Trinajstić information content (AvgIpc) is 3.20. The number of anilines is 8. The van der Waals surface area contributed by atoms with Crippen LogP contribution < -0.4 is 30.7 Å². The quantitative estimate of drug-likeness (QED) is 0.0516. The fourth-order valence-electron chi connectivity index (χ4n) is 5.57. The molecule has 0 saturated carbocycles. The van der Waals surface area contributed by atoms with E-state index < -0.39 is 23.9 Å². The molecule has 8 N–H and O–H groups in total. The summed E-state index contributed by atoms with van der Waals surface area (Å²) in [7, 11) is 3.08. The van der Waals surface area contributed by atoms with E-state index in [2.05, 4.69) is 21.3 Å². The number of carboxylic acids is 4. The summed E-state index contributed by atoms with van der Waals surface area (Å²) >= 11 is 0. The zero-order valence-corrected chi connectivity index (χ0v) is 31.8. The number of hydrogen-bond acceptors (Lipinski definition) is 10. The maximum atomic E-state index is 11.8. The predicted molar refractivity (Wildman–Crippen MR) is 222 cm³/mol. The molecule has 0 aliphatic heterocycles. The molecule has 0 atom stereocenters. The molecule has 0 aliphatic carbocycles. The number of rotatable bonds is 14. The Labute approximate surface area is 333 Å². The van der Waals surface area contributed by atoms with Crippen LogP contribution in [0.15, 0.2) is 121 Å². The molecule has 6 rings (SSSR count). The molecule has 6 aromatic rings. The number of ether oxygens (including phenoxy) is 2. The summed E-state index contributed by atoms with van der Waals surface area (Å²) in [6.07, 6.45) is 0. The Hall–Kier alpha value is -8.00. The first-order valence-corrected chi connectivity index (χ1v) is 17.5. The van der Waals surface area contributed by atoms with Gasteiger partial charge in [-0.25, -0.2) is 19.2 Å². The van der Waals surface area contributed by atoms with Gasteiger partial charge < -0.3 is 51.2 Å². The molecule has 14 nitrogen and oxygen atoms in total. The van der Waals surface area contributed by atoms with Crippen LogP contribution in [0.2, 0.25) is 0 Å². The summed E-state index contributed by atoms with van der Waals surface area (Å²) in [6, 6.07) is 33.7. The van der Waals surface area contributed by atoms with E-state index in [4.69, 9.17) is 9.47 Å². The highest BCUT2D eigenvalue weighted by Crippen LogP contribution is 2.33. The van der Waals surface area contributed by atoms with Gasteiger partial charge in [0, 0.05) is 22.7 Å². The van der Waals surface area contributed by atoms with Gasteiger partial charge in [-0.15, -0.1) is 0 Å². The molecular formula is C44H40N4O10. The summed E-state index contributed by atoms with van der Waals surface area (Å²) in [5.41, 5.74) is 5.17. The number of carbonyl (C=O) groups is 4. The van der Waals surface area contributed by atoms with Crippen molar-refractivity contribution in [2.75, 3.05) is 35.5 Å². The van der Waals surface area contributed by atoms with Crippen LogP contribution in [0.25, 0.3) is 0 Å². The number of methoxy groups -OCH3 is 2. The second kappa shape index (κ2) is 18.6. The minimum atomic E-state index is -1.19. The van der Waals surface area contributed by atoms with E-state index in [0.29, 0.717) is 34.2 Å². The van der Waals surface area contributed by atoms with Crippen LogP contribution in [0.3, 0.4) is 0 Å². The Morgan fingerprint density at radius 2 is 0.586 bits per heavy atom. The van der Waals surface area contributed by atoms with Crippen LogP contribution in [0.5, 0.6) is 11.5 Å². The second-order valence-corrected chi connectivity index (χ2v) is 12.8. The van der Waals surface area contributed by atoms with Crippen molar-refractivity contribution in [2.24, 2.45) is 0 Å². The first-order chi connectivity index (χ1) is 27.7. The predicted octanol–water partition coefficient (Wildman–Crippen LogP) is 9.77. The van der Waals surface area contributed by atoms with Gasteiger partial charge in [0.05, 0.1) is 59.2 Å². The summed E-state index contributed by atoms with van der Waals surface area (Å²) in [5.74, 6) is -3.41. The third-order valence-corrected chi connectivity index (χ3v) is 8.64. The van der Waals surface area contributed by atoms with E-state index in [9.17, 15) is 39.6 Å². The highest BCUT2D eigenvalue weighted by atomic mass is 16.5. The smallest absolute Gasteiger partial charge is 0.337 e. The van der Waals surface area contributed by atoms with Gasteiger partial charge in [-0.3, -0.25) is 0 Å². The largest absolute Gasteiger partial charge is 0.497 e. The Morgan fingerprint density at radius 1 is 0.379 bits per heavy atom. The van der Waals surface area contributed by atoms with E-state index in [1.165, 1.54) is 24.3 Å². The normalized spacial score (nSPS) is 10.3. The van der Waals surface area contributed by atoms with Crippen molar-refractivity contribution in [1.29, 1.82) is 0 Å². The lowest BCUT2D eigenvalue weighted by Gasteiger charge is -2.16. The maximum absolute atomic E-state index is 11.8. The van der Waals surface area contributed by atoms with Gasteiger partial charge >= 0.3 is 23.9 Å². The van der Waals surface area contributed by atoms with Gasteiger partial charge in [0.25, 0.3) is 0 Å². The molecule has 58 heavy (non-hydrogen) atoms. The van der Waals surface area contributed by atoms with E-state index in [1.54, 1.807) is 87.0 Å². The number of nitrogens with one attached hydrogen (secondary N) is 4. The van der Waals surface area contributed by atoms with Crippen molar-refractivity contribution in [1.82, 2.24) is 0 Å². The van der Waals surface area contributed by atoms with Crippen LogP contribution in [-0.2, 0) is 0 Å². The van der Waals surface area contributed by atoms with Crippen molar-refractivity contribution in [3.63, 3.8) is 0 Å². The van der Waals surface area contributed by atoms with Gasteiger partial charge in [0.15, 0.2) is 0 Å². The lowest BCUT2D eigenvalue weighted by Crippen LogP contribution is -2.09. The van der Waals surface area contributed by atoms with Gasteiger partial charge in [0.1, 0.15) is 11.5 Å². The monoisotopic (exact) mass is 784 g/mol. The molecule has 0 saturated heterocycles. The van der Waals surface area contributed by atoms with E-state index in [1.807, 2.05) is 38.1 Å². The van der Waals surface area contributed by atoms with Gasteiger partial charge in [-0.05, 0) is 111 Å². The molecule has 14 heteroatoms. The molecule has 0 heterocycles. The summed E-state index contributed by atoms with van der Waals surface area (Å²) in [6.45, 7) is 3.89. The molecule has 0 radical (unpaired) electrons. The maximum Gasteiger partial charge on any atom is 0.337 e. The molecule has 0 fully saturated rings. The Bertz CT molecular complexity index is 2260. The molecule has 296 valence electrons. The lowest BCUT2D eigenvalue weighted by atomic mass is 10.0. The van der Waals surface area contributed by atoms with Crippen molar-refractivity contribution in [3.05, 3.63) is 155 Å². The molecule has 0 amide bonds. The average molecular weight is 785 g/mol. The van der Waals surface area contributed by atoms with E-state index in [0.717, 1.165) is 11.1 Å². The highest BCUT2D eigenvalue weighted by Gasteiger charge is 2.21. The standard InChI is InChI=1S/C22H20N2O6.C22H20N2O4/c1-29-15-7-3-13(4-8-15)23-19-11-18(22(27)28)20(12-17(19)21(25)26)24-14-5-9-16(30-2)10-6-14;1-13-3-7-15(8-4-13)23-19-11-18(22(27)28)20(12-17(19)21(25)26)24-16-9-5-14(2)6-10-16/h3-12,23-24H,1-2H3,(H,25,26)(H,27,28);3-12,23-24H,1-2H3,(H,25,26)(H,27,28). The minimum absolute atomic E-state index is 0.0276. The molecule has 6 aromatic carbocycles. The Morgan fingerprint density at radius 3 is 0.776 bits per heavy atom.